The smallest absolute Gasteiger partial charge is 0.0223 e. The van der Waals surface area contributed by atoms with Gasteiger partial charge < -0.3 is 0 Å². The molecule has 0 aliphatic carbocycles. The third kappa shape index (κ3) is 3.77. The zero-order valence-corrected chi connectivity index (χ0v) is 7.98. The molecule has 0 bridgehead atoms. The van der Waals surface area contributed by atoms with Gasteiger partial charge in [-0.1, -0.05) is 30.7 Å². The summed E-state index contributed by atoms with van der Waals surface area (Å²) in [6.45, 7) is 0. The predicted octanol–water partition coefficient (Wildman–Crippen LogP) is 3.44. The third-order valence-corrected chi connectivity index (χ3v) is 2.14. The molecule has 0 saturated carbocycles. The summed E-state index contributed by atoms with van der Waals surface area (Å²) in [7, 11) is 0. The van der Waals surface area contributed by atoms with E-state index in [0.717, 1.165) is 18.7 Å². The fourth-order valence-electron chi connectivity index (χ4n) is 1.19. The van der Waals surface area contributed by atoms with E-state index < -0.39 is 0 Å². The van der Waals surface area contributed by atoms with Crippen LogP contribution < -0.4 is 0 Å². The van der Waals surface area contributed by atoms with Crippen molar-refractivity contribution < 1.29 is 0 Å². The second-order valence-electron chi connectivity index (χ2n) is 2.91. The maximum absolute atomic E-state index is 5.58. The van der Waals surface area contributed by atoms with Crippen LogP contribution in [0.15, 0.2) is 24.3 Å². The van der Waals surface area contributed by atoms with Crippen molar-refractivity contribution in [3.05, 3.63) is 35.9 Å². The molecule has 1 heteroatoms. The molecule has 0 aliphatic rings. The van der Waals surface area contributed by atoms with Crippen LogP contribution in [0.5, 0.6) is 0 Å². The molecule has 0 spiro atoms. The van der Waals surface area contributed by atoms with Crippen LogP contribution in [0, 0.1) is 6.07 Å². The number of halogens is 1. The molecule has 1 aromatic rings. The molecule has 1 radical (unpaired) electrons. The van der Waals surface area contributed by atoms with E-state index in [1.54, 1.807) is 0 Å². The van der Waals surface area contributed by atoms with Gasteiger partial charge in [0.1, 0.15) is 0 Å². The number of aryl methyl sites for hydroxylation is 1. The largest absolute Gasteiger partial charge is 0.127 e. The number of benzene rings is 1. The lowest BCUT2D eigenvalue weighted by Gasteiger charge is -1.98. The summed E-state index contributed by atoms with van der Waals surface area (Å²) < 4.78 is 0. The van der Waals surface area contributed by atoms with Crippen LogP contribution >= 0.6 is 11.6 Å². The van der Waals surface area contributed by atoms with Crippen LogP contribution in [0.25, 0.3) is 0 Å². The standard InChI is InChI=1S/C11H14Cl/c12-10-6-2-5-9-11-7-3-1-4-8-11/h1,3,7-8H,2,5-6,9-10H2. The highest BCUT2D eigenvalue weighted by molar-refractivity contribution is 6.17. The average molecular weight is 182 g/mol. The molecule has 12 heavy (non-hydrogen) atoms. The van der Waals surface area contributed by atoms with Gasteiger partial charge in [0, 0.05) is 5.88 Å². The highest BCUT2D eigenvalue weighted by atomic mass is 35.5. The molecule has 0 amide bonds. The lowest BCUT2D eigenvalue weighted by atomic mass is 10.1. The van der Waals surface area contributed by atoms with E-state index >= 15 is 0 Å². The summed E-state index contributed by atoms with van der Waals surface area (Å²) in [5.74, 6) is 0.793. The highest BCUT2D eigenvalue weighted by Crippen LogP contribution is 2.05. The fourth-order valence-corrected chi connectivity index (χ4v) is 1.38. The Kier molecular flexibility index (Phi) is 4.86. The quantitative estimate of drug-likeness (QED) is 0.482. The van der Waals surface area contributed by atoms with Gasteiger partial charge in [-0.2, -0.15) is 0 Å². The van der Waals surface area contributed by atoms with Crippen molar-refractivity contribution in [3.63, 3.8) is 0 Å². The van der Waals surface area contributed by atoms with Gasteiger partial charge in [-0.15, -0.1) is 11.6 Å². The first-order valence-corrected chi connectivity index (χ1v) is 4.98. The van der Waals surface area contributed by atoms with E-state index in [1.807, 2.05) is 12.1 Å². The van der Waals surface area contributed by atoms with Crippen LogP contribution in [0.4, 0.5) is 0 Å². The van der Waals surface area contributed by atoms with Crippen molar-refractivity contribution in [2.45, 2.75) is 25.7 Å². The molecule has 0 N–H and O–H groups in total. The van der Waals surface area contributed by atoms with Crippen molar-refractivity contribution >= 4 is 11.6 Å². The van der Waals surface area contributed by atoms with Crippen molar-refractivity contribution in [1.29, 1.82) is 0 Å². The Balaban J connectivity index is 2.16. The van der Waals surface area contributed by atoms with E-state index in [1.165, 1.54) is 18.4 Å². The summed E-state index contributed by atoms with van der Waals surface area (Å²) in [6.07, 6.45) is 4.77. The molecule has 1 aromatic carbocycles. The minimum absolute atomic E-state index is 0.793. The van der Waals surface area contributed by atoms with Gasteiger partial charge in [0.2, 0.25) is 0 Å². The number of hydrogen-bond donors (Lipinski definition) is 0. The fraction of sp³-hybridized carbons (Fsp3) is 0.455. The van der Waals surface area contributed by atoms with Crippen molar-refractivity contribution in [2.75, 3.05) is 5.88 Å². The monoisotopic (exact) mass is 181 g/mol. The van der Waals surface area contributed by atoms with Crippen molar-refractivity contribution in [3.8, 4) is 0 Å². The number of unbranched alkanes of at least 4 members (excludes halogenated alkanes) is 2. The lowest BCUT2D eigenvalue weighted by molar-refractivity contribution is 0.720. The first-order valence-electron chi connectivity index (χ1n) is 4.44. The summed E-state index contributed by atoms with van der Waals surface area (Å²) in [6, 6.07) is 11.3. The minimum Gasteiger partial charge on any atom is -0.127 e. The molecule has 0 aliphatic heterocycles. The Hall–Kier alpha value is -0.490. The van der Waals surface area contributed by atoms with Crippen molar-refractivity contribution in [2.24, 2.45) is 0 Å². The Morgan fingerprint density at radius 3 is 2.83 bits per heavy atom. The second-order valence-corrected chi connectivity index (χ2v) is 3.29. The topological polar surface area (TPSA) is 0 Å². The first kappa shape index (κ1) is 9.60. The van der Waals surface area contributed by atoms with Crippen LogP contribution in [0.2, 0.25) is 0 Å². The van der Waals surface area contributed by atoms with Crippen LogP contribution in [-0.2, 0) is 6.42 Å². The van der Waals surface area contributed by atoms with Gasteiger partial charge in [-0.05, 0) is 30.9 Å². The summed E-state index contributed by atoms with van der Waals surface area (Å²) in [5, 5.41) is 0. The highest BCUT2D eigenvalue weighted by Gasteiger charge is 1.91. The summed E-state index contributed by atoms with van der Waals surface area (Å²) >= 11 is 5.58. The normalized spacial score (nSPS) is 10.1. The van der Waals surface area contributed by atoms with Gasteiger partial charge in [0.05, 0.1) is 0 Å². The third-order valence-electron chi connectivity index (χ3n) is 1.87. The van der Waals surface area contributed by atoms with E-state index in [-0.39, 0.29) is 0 Å². The Morgan fingerprint density at radius 2 is 2.17 bits per heavy atom. The van der Waals surface area contributed by atoms with Gasteiger partial charge in [0.25, 0.3) is 0 Å². The van der Waals surface area contributed by atoms with E-state index in [9.17, 15) is 0 Å². The first-order chi connectivity index (χ1) is 5.93. The van der Waals surface area contributed by atoms with E-state index in [2.05, 4.69) is 18.2 Å². The number of alkyl halides is 1. The molecule has 0 unspecified atom stereocenters. The average Bonchev–Trinajstić information content (AvgIpc) is 2.14. The minimum atomic E-state index is 0.793. The van der Waals surface area contributed by atoms with Gasteiger partial charge in [0.15, 0.2) is 0 Å². The maximum atomic E-state index is 5.58. The van der Waals surface area contributed by atoms with Crippen LogP contribution in [0.1, 0.15) is 24.8 Å². The van der Waals surface area contributed by atoms with E-state index in [0.29, 0.717) is 0 Å². The van der Waals surface area contributed by atoms with Crippen LogP contribution in [-0.4, -0.2) is 5.88 Å². The molecule has 0 nitrogen and oxygen atoms in total. The van der Waals surface area contributed by atoms with Crippen molar-refractivity contribution in [1.82, 2.24) is 0 Å². The molecular formula is C11H14Cl. The lowest BCUT2D eigenvalue weighted by Crippen LogP contribution is -1.85. The Bertz CT molecular complexity index is 193. The van der Waals surface area contributed by atoms with E-state index in [4.69, 9.17) is 11.6 Å². The van der Waals surface area contributed by atoms with Gasteiger partial charge in [-0.25, -0.2) is 0 Å². The van der Waals surface area contributed by atoms with Crippen LogP contribution in [0.3, 0.4) is 0 Å². The SMILES string of the molecule is ClCCCCCc1c[c]ccc1. The Labute approximate surface area is 79.6 Å². The predicted molar refractivity (Wildman–Crippen MR) is 53.6 cm³/mol. The van der Waals surface area contributed by atoms with Gasteiger partial charge in [-0.3, -0.25) is 0 Å². The zero-order valence-electron chi connectivity index (χ0n) is 7.22. The molecule has 1 rings (SSSR count). The number of rotatable bonds is 5. The molecule has 0 fully saturated rings. The summed E-state index contributed by atoms with van der Waals surface area (Å²) in [4.78, 5) is 0. The summed E-state index contributed by atoms with van der Waals surface area (Å²) in [5.41, 5.74) is 1.38. The molecule has 0 heterocycles. The molecule has 0 aromatic heterocycles. The maximum Gasteiger partial charge on any atom is 0.0223 e. The van der Waals surface area contributed by atoms with Gasteiger partial charge >= 0.3 is 0 Å². The molecule has 65 valence electrons. The number of hydrogen-bond acceptors (Lipinski definition) is 0. The molecular weight excluding hydrogens is 168 g/mol. The molecule has 0 saturated heterocycles. The zero-order chi connectivity index (χ0) is 8.65. The molecule has 0 atom stereocenters. The Morgan fingerprint density at radius 1 is 1.25 bits per heavy atom. The second kappa shape index (κ2) is 6.07.